The average Bonchev–Trinajstić information content (AvgIpc) is 3.08. The number of carbonyl (C=O) groups excluding carboxylic acids is 1. The number of Topliss-reactive ketones (excluding diaryl/α,β-unsaturated/α-hetero) is 1. The minimum atomic E-state index is -0.120. The molecule has 0 saturated carbocycles. The third-order valence-electron chi connectivity index (χ3n) is 3.59. The molecule has 130 valence electrons. The minimum Gasteiger partial charge on any atom is -0.334 e. The quantitative estimate of drug-likeness (QED) is 0.473. The van der Waals surface area contributed by atoms with E-state index in [0.717, 1.165) is 0 Å². The molecule has 0 N–H and O–H groups in total. The molecule has 2 aromatic heterocycles. The Bertz CT molecular complexity index is 1030. The first-order valence-electron chi connectivity index (χ1n) is 7.62. The van der Waals surface area contributed by atoms with Crippen LogP contribution in [-0.2, 0) is 5.75 Å². The van der Waals surface area contributed by atoms with E-state index in [9.17, 15) is 10.1 Å². The zero-order valence-electron chi connectivity index (χ0n) is 14.0. The summed E-state index contributed by atoms with van der Waals surface area (Å²) in [6.07, 6.45) is 0. The summed E-state index contributed by atoms with van der Waals surface area (Å²) in [4.78, 5) is 20.3. The molecule has 0 fully saturated rings. The fourth-order valence-corrected chi connectivity index (χ4v) is 3.38. The van der Waals surface area contributed by atoms with Gasteiger partial charge in [0.25, 0.3) is 5.89 Å². The number of nitrogens with zero attached hydrogens (tertiary/aromatic N) is 4. The third kappa shape index (κ3) is 3.77. The second-order valence-corrected chi connectivity index (χ2v) is 6.80. The van der Waals surface area contributed by atoms with Crippen molar-refractivity contribution in [1.29, 1.82) is 5.26 Å². The number of pyridine rings is 1. The van der Waals surface area contributed by atoms with E-state index in [-0.39, 0.29) is 5.78 Å². The molecule has 2 heterocycles. The molecule has 0 amide bonds. The fraction of sp³-hybridized carbons (Fsp3) is 0.167. The topological polar surface area (TPSA) is 92.7 Å². The van der Waals surface area contributed by atoms with Gasteiger partial charge in [-0.25, -0.2) is 4.98 Å². The van der Waals surface area contributed by atoms with E-state index in [0.29, 0.717) is 49.9 Å². The number of nitriles is 1. The summed E-state index contributed by atoms with van der Waals surface area (Å²) in [5, 5.41) is 14.3. The Kier molecular flexibility index (Phi) is 5.35. The lowest BCUT2D eigenvalue weighted by molar-refractivity contribution is 0.101. The average molecular weight is 385 g/mol. The predicted octanol–water partition coefficient (Wildman–Crippen LogP) is 4.46. The number of aryl methyl sites for hydroxylation is 1. The normalized spacial score (nSPS) is 10.5. The van der Waals surface area contributed by atoms with E-state index in [1.165, 1.54) is 18.7 Å². The van der Waals surface area contributed by atoms with Gasteiger partial charge in [0, 0.05) is 11.3 Å². The third-order valence-corrected chi connectivity index (χ3v) is 4.90. The monoisotopic (exact) mass is 384 g/mol. The molecule has 1 aromatic carbocycles. The number of hydrogen-bond donors (Lipinski definition) is 0. The molecule has 0 radical (unpaired) electrons. The number of thioether (sulfide) groups is 1. The first-order chi connectivity index (χ1) is 12.5. The van der Waals surface area contributed by atoms with E-state index >= 15 is 0 Å². The Morgan fingerprint density at radius 2 is 2.12 bits per heavy atom. The Balaban J connectivity index is 1.80. The first kappa shape index (κ1) is 18.1. The van der Waals surface area contributed by atoms with Crippen molar-refractivity contribution in [2.45, 2.75) is 24.6 Å². The second-order valence-electron chi connectivity index (χ2n) is 5.43. The summed E-state index contributed by atoms with van der Waals surface area (Å²) in [5.41, 5.74) is 2.05. The molecule has 0 bridgehead atoms. The number of aromatic nitrogens is 3. The maximum Gasteiger partial charge on any atom is 0.259 e. The molecule has 0 saturated heterocycles. The van der Waals surface area contributed by atoms with Crippen molar-refractivity contribution in [3.05, 3.63) is 58.0 Å². The highest BCUT2D eigenvalue weighted by Gasteiger charge is 2.15. The standard InChI is InChI=1S/C18H13ClN4O2S/c1-10-14(11(2)24)7-12(8-20)18(21-10)26-9-16-22-17(25-23-16)13-5-3-4-6-15(13)19/h3-7H,9H2,1-2H3. The van der Waals surface area contributed by atoms with Crippen molar-refractivity contribution in [3.8, 4) is 17.5 Å². The van der Waals surface area contributed by atoms with E-state index in [4.69, 9.17) is 16.1 Å². The van der Waals surface area contributed by atoms with Crippen LogP contribution in [0.3, 0.4) is 0 Å². The van der Waals surface area contributed by atoms with Gasteiger partial charge in [-0.1, -0.05) is 40.7 Å². The van der Waals surface area contributed by atoms with Crippen LogP contribution in [0.4, 0.5) is 0 Å². The van der Waals surface area contributed by atoms with Gasteiger partial charge in [-0.3, -0.25) is 4.79 Å². The lowest BCUT2D eigenvalue weighted by Gasteiger charge is -2.06. The highest BCUT2D eigenvalue weighted by molar-refractivity contribution is 7.98. The van der Waals surface area contributed by atoms with Gasteiger partial charge in [0.2, 0.25) is 0 Å². The SMILES string of the molecule is CC(=O)c1cc(C#N)c(SCc2noc(-c3ccccc3Cl)n2)nc1C. The van der Waals surface area contributed by atoms with Crippen LogP contribution in [0.5, 0.6) is 0 Å². The zero-order chi connectivity index (χ0) is 18.7. The molecule has 6 nitrogen and oxygen atoms in total. The molecule has 0 atom stereocenters. The summed E-state index contributed by atoms with van der Waals surface area (Å²) >= 11 is 7.44. The molecule has 0 aliphatic carbocycles. The van der Waals surface area contributed by atoms with E-state index in [1.807, 2.05) is 12.1 Å². The van der Waals surface area contributed by atoms with Crippen LogP contribution in [0.2, 0.25) is 5.02 Å². The van der Waals surface area contributed by atoms with Crippen LogP contribution >= 0.6 is 23.4 Å². The largest absolute Gasteiger partial charge is 0.334 e. The number of ketones is 1. The number of rotatable bonds is 5. The van der Waals surface area contributed by atoms with Gasteiger partial charge in [0.15, 0.2) is 11.6 Å². The Labute approximate surface area is 159 Å². The molecular formula is C18H13ClN4O2S. The van der Waals surface area contributed by atoms with Crippen LogP contribution in [0.15, 0.2) is 39.9 Å². The van der Waals surface area contributed by atoms with E-state index < -0.39 is 0 Å². The van der Waals surface area contributed by atoms with Crippen LogP contribution in [0.25, 0.3) is 11.5 Å². The summed E-state index contributed by atoms with van der Waals surface area (Å²) < 4.78 is 5.26. The molecule has 26 heavy (non-hydrogen) atoms. The molecule has 0 spiro atoms. The van der Waals surface area contributed by atoms with Gasteiger partial charge < -0.3 is 4.52 Å². The minimum absolute atomic E-state index is 0.120. The Hall–Kier alpha value is -2.69. The summed E-state index contributed by atoms with van der Waals surface area (Å²) in [7, 11) is 0. The van der Waals surface area contributed by atoms with Gasteiger partial charge in [-0.05, 0) is 32.0 Å². The Morgan fingerprint density at radius 1 is 1.35 bits per heavy atom. The van der Waals surface area contributed by atoms with Gasteiger partial charge in [0.05, 0.1) is 21.9 Å². The van der Waals surface area contributed by atoms with Crippen LogP contribution in [0, 0.1) is 18.3 Å². The summed E-state index contributed by atoms with van der Waals surface area (Å²) in [6, 6.07) is 10.8. The summed E-state index contributed by atoms with van der Waals surface area (Å²) in [5.74, 6) is 1.05. The lowest BCUT2D eigenvalue weighted by Crippen LogP contribution is -2.02. The van der Waals surface area contributed by atoms with Crippen molar-refractivity contribution < 1.29 is 9.32 Å². The number of benzene rings is 1. The zero-order valence-corrected chi connectivity index (χ0v) is 15.6. The highest BCUT2D eigenvalue weighted by Crippen LogP contribution is 2.28. The van der Waals surface area contributed by atoms with Gasteiger partial charge in [0.1, 0.15) is 11.1 Å². The lowest BCUT2D eigenvalue weighted by atomic mass is 10.1. The maximum absolute atomic E-state index is 11.6. The second kappa shape index (κ2) is 7.68. The van der Waals surface area contributed by atoms with Crippen molar-refractivity contribution in [1.82, 2.24) is 15.1 Å². The van der Waals surface area contributed by atoms with E-state index in [1.54, 1.807) is 25.1 Å². The van der Waals surface area contributed by atoms with Crippen molar-refractivity contribution in [2.75, 3.05) is 0 Å². The maximum atomic E-state index is 11.6. The van der Waals surface area contributed by atoms with Crippen LogP contribution in [0.1, 0.15) is 34.4 Å². The molecule has 3 rings (SSSR count). The van der Waals surface area contributed by atoms with Gasteiger partial charge in [-0.15, -0.1) is 0 Å². The van der Waals surface area contributed by atoms with Crippen LogP contribution in [-0.4, -0.2) is 20.9 Å². The fourth-order valence-electron chi connectivity index (χ4n) is 2.32. The molecular weight excluding hydrogens is 372 g/mol. The highest BCUT2D eigenvalue weighted by atomic mass is 35.5. The smallest absolute Gasteiger partial charge is 0.259 e. The predicted molar refractivity (Wildman–Crippen MR) is 98.0 cm³/mol. The summed E-state index contributed by atoms with van der Waals surface area (Å²) in [6.45, 7) is 3.19. The van der Waals surface area contributed by atoms with Crippen molar-refractivity contribution >= 4 is 29.1 Å². The number of hydrogen-bond acceptors (Lipinski definition) is 7. The van der Waals surface area contributed by atoms with Crippen molar-refractivity contribution in [2.24, 2.45) is 0 Å². The molecule has 0 unspecified atom stereocenters. The van der Waals surface area contributed by atoms with Gasteiger partial charge >= 0.3 is 0 Å². The first-order valence-corrected chi connectivity index (χ1v) is 8.99. The molecule has 0 aliphatic rings. The van der Waals surface area contributed by atoms with Crippen molar-refractivity contribution in [3.63, 3.8) is 0 Å². The van der Waals surface area contributed by atoms with Crippen LogP contribution < -0.4 is 0 Å². The number of halogens is 1. The molecule has 8 heteroatoms. The molecule has 0 aliphatic heterocycles. The number of carbonyl (C=O) groups is 1. The van der Waals surface area contributed by atoms with E-state index in [2.05, 4.69) is 21.2 Å². The molecule has 3 aromatic rings. The Morgan fingerprint density at radius 3 is 2.81 bits per heavy atom. The van der Waals surface area contributed by atoms with Gasteiger partial charge in [-0.2, -0.15) is 10.2 Å².